The SMILES string of the molecule is Cc1ccccc1-c1ccc(C(=O)O)c(NC(=O)c2cncc(-c3ccccc3)c2)c1.[H-].[Na+]. The summed E-state index contributed by atoms with van der Waals surface area (Å²) in [5, 5.41) is 12.4. The van der Waals surface area contributed by atoms with Crippen LogP contribution >= 0.6 is 0 Å². The molecule has 2 N–H and O–H groups in total. The quantitative estimate of drug-likeness (QED) is 0.476. The molecular weight excluding hydrogens is 411 g/mol. The summed E-state index contributed by atoms with van der Waals surface area (Å²) in [4.78, 5) is 28.9. The third-order valence-corrected chi connectivity index (χ3v) is 5.06. The van der Waals surface area contributed by atoms with Gasteiger partial charge in [-0.05, 0) is 47.4 Å². The van der Waals surface area contributed by atoms with Crippen molar-refractivity contribution in [2.75, 3.05) is 5.32 Å². The normalized spacial score (nSPS) is 10.2. The van der Waals surface area contributed by atoms with E-state index < -0.39 is 11.9 Å². The maximum absolute atomic E-state index is 12.9. The van der Waals surface area contributed by atoms with Gasteiger partial charge in [0.15, 0.2) is 0 Å². The van der Waals surface area contributed by atoms with Crippen LogP contribution in [-0.2, 0) is 0 Å². The second-order valence-corrected chi connectivity index (χ2v) is 7.16. The number of carboxylic acids is 1. The van der Waals surface area contributed by atoms with Crippen LogP contribution in [0.2, 0.25) is 0 Å². The molecular formula is C26H21N2NaO3. The summed E-state index contributed by atoms with van der Waals surface area (Å²) in [5.41, 5.74) is 5.22. The first-order chi connectivity index (χ1) is 15.0. The maximum atomic E-state index is 12.9. The number of carboxylic acid groups (broad SMARTS) is 1. The van der Waals surface area contributed by atoms with Crippen molar-refractivity contribution in [3.8, 4) is 22.3 Å². The average Bonchev–Trinajstić information content (AvgIpc) is 2.80. The number of benzene rings is 3. The molecule has 0 aliphatic rings. The zero-order chi connectivity index (χ0) is 21.8. The fraction of sp³-hybridized carbons (Fsp3) is 0.0385. The van der Waals surface area contributed by atoms with Crippen LogP contribution in [0, 0.1) is 6.92 Å². The minimum absolute atomic E-state index is 0. The number of amides is 1. The Morgan fingerprint density at radius 2 is 1.56 bits per heavy atom. The Balaban J connectivity index is 0.00000193. The van der Waals surface area contributed by atoms with Gasteiger partial charge in [0.25, 0.3) is 5.91 Å². The standard InChI is InChI=1S/C26H20N2O3.Na.H/c1-17-7-5-6-10-22(17)19-11-12-23(26(30)31)24(14-19)28-25(29)21-13-20(15-27-16-21)18-8-3-2-4-9-18;;/h2-16H,1H3,(H,28,29)(H,30,31);;/q;+1;-1. The zero-order valence-electron chi connectivity index (χ0n) is 18.9. The topological polar surface area (TPSA) is 79.3 Å². The number of aromatic carboxylic acids is 1. The number of rotatable bonds is 5. The van der Waals surface area contributed by atoms with E-state index in [1.807, 2.05) is 61.5 Å². The summed E-state index contributed by atoms with van der Waals surface area (Å²) in [7, 11) is 0. The molecule has 0 fully saturated rings. The number of nitrogens with zero attached hydrogens (tertiary/aromatic N) is 1. The molecule has 0 aliphatic heterocycles. The smallest absolute Gasteiger partial charge is 1.00 e. The summed E-state index contributed by atoms with van der Waals surface area (Å²) in [6.45, 7) is 1.99. The van der Waals surface area contributed by atoms with Gasteiger partial charge in [0, 0.05) is 18.0 Å². The number of aryl methyl sites for hydroxylation is 1. The van der Waals surface area contributed by atoms with Crippen molar-refractivity contribution in [1.29, 1.82) is 0 Å². The minimum Gasteiger partial charge on any atom is -1.00 e. The fourth-order valence-corrected chi connectivity index (χ4v) is 3.45. The van der Waals surface area contributed by atoms with E-state index in [1.54, 1.807) is 24.4 Å². The molecule has 4 rings (SSSR count). The third-order valence-electron chi connectivity index (χ3n) is 5.06. The van der Waals surface area contributed by atoms with Crippen molar-refractivity contribution < 1.29 is 45.7 Å². The first-order valence-electron chi connectivity index (χ1n) is 9.78. The second kappa shape index (κ2) is 10.4. The van der Waals surface area contributed by atoms with Crippen LogP contribution < -0.4 is 34.9 Å². The molecule has 0 radical (unpaired) electrons. The van der Waals surface area contributed by atoms with E-state index in [4.69, 9.17) is 0 Å². The molecule has 1 amide bonds. The third kappa shape index (κ3) is 5.14. The monoisotopic (exact) mass is 432 g/mol. The van der Waals surface area contributed by atoms with Crippen LogP contribution in [0.1, 0.15) is 27.7 Å². The van der Waals surface area contributed by atoms with Gasteiger partial charge in [0.1, 0.15) is 0 Å². The van der Waals surface area contributed by atoms with E-state index in [9.17, 15) is 14.7 Å². The van der Waals surface area contributed by atoms with Gasteiger partial charge in [-0.15, -0.1) is 0 Å². The predicted molar refractivity (Wildman–Crippen MR) is 122 cm³/mol. The first-order valence-corrected chi connectivity index (χ1v) is 9.78. The van der Waals surface area contributed by atoms with Crippen LogP contribution in [0.5, 0.6) is 0 Å². The molecule has 3 aromatic carbocycles. The average molecular weight is 432 g/mol. The van der Waals surface area contributed by atoms with Crippen LogP contribution in [0.25, 0.3) is 22.3 Å². The molecule has 6 heteroatoms. The van der Waals surface area contributed by atoms with Gasteiger partial charge in [0.05, 0.1) is 16.8 Å². The molecule has 1 aromatic heterocycles. The van der Waals surface area contributed by atoms with E-state index in [-0.39, 0.29) is 42.2 Å². The molecule has 0 atom stereocenters. The fourth-order valence-electron chi connectivity index (χ4n) is 3.45. The van der Waals surface area contributed by atoms with E-state index in [0.29, 0.717) is 5.56 Å². The van der Waals surface area contributed by atoms with Crippen molar-refractivity contribution in [3.05, 3.63) is 108 Å². The molecule has 0 unspecified atom stereocenters. The van der Waals surface area contributed by atoms with E-state index in [2.05, 4.69) is 10.3 Å². The molecule has 5 nitrogen and oxygen atoms in total. The molecule has 0 saturated carbocycles. The van der Waals surface area contributed by atoms with Crippen LogP contribution in [-0.4, -0.2) is 22.0 Å². The Morgan fingerprint density at radius 3 is 2.28 bits per heavy atom. The summed E-state index contributed by atoms with van der Waals surface area (Å²) >= 11 is 0. The van der Waals surface area contributed by atoms with Gasteiger partial charge in [-0.1, -0.05) is 60.7 Å². The zero-order valence-corrected chi connectivity index (χ0v) is 19.9. The number of hydrogen-bond donors (Lipinski definition) is 2. The van der Waals surface area contributed by atoms with Crippen molar-refractivity contribution in [1.82, 2.24) is 4.98 Å². The second-order valence-electron chi connectivity index (χ2n) is 7.16. The number of aromatic nitrogens is 1. The molecule has 32 heavy (non-hydrogen) atoms. The molecule has 154 valence electrons. The number of anilines is 1. The van der Waals surface area contributed by atoms with Crippen molar-refractivity contribution in [2.45, 2.75) is 6.92 Å². The molecule has 1 heterocycles. The molecule has 4 aromatic rings. The van der Waals surface area contributed by atoms with Gasteiger partial charge in [-0.3, -0.25) is 9.78 Å². The van der Waals surface area contributed by atoms with Crippen molar-refractivity contribution in [2.24, 2.45) is 0 Å². The maximum Gasteiger partial charge on any atom is 1.00 e. The Labute approximate surface area is 209 Å². The van der Waals surface area contributed by atoms with Crippen LogP contribution in [0.15, 0.2) is 91.3 Å². The summed E-state index contributed by atoms with van der Waals surface area (Å²) < 4.78 is 0. The van der Waals surface area contributed by atoms with Crippen LogP contribution in [0.3, 0.4) is 0 Å². The van der Waals surface area contributed by atoms with E-state index in [1.165, 1.54) is 12.3 Å². The van der Waals surface area contributed by atoms with Gasteiger partial charge in [-0.25, -0.2) is 4.79 Å². The largest absolute Gasteiger partial charge is 1.00 e. The van der Waals surface area contributed by atoms with Gasteiger partial charge in [0.2, 0.25) is 0 Å². The first kappa shape index (κ1) is 23.4. The predicted octanol–water partition coefficient (Wildman–Crippen LogP) is 2.79. The molecule has 0 bridgehead atoms. The van der Waals surface area contributed by atoms with Gasteiger partial charge < -0.3 is 11.8 Å². The summed E-state index contributed by atoms with van der Waals surface area (Å²) in [6, 6.07) is 24.1. The van der Waals surface area contributed by atoms with E-state index in [0.717, 1.165) is 27.8 Å². The Kier molecular flexibility index (Phi) is 7.59. The minimum atomic E-state index is -1.11. The Hall–Kier alpha value is -3.25. The van der Waals surface area contributed by atoms with Gasteiger partial charge in [-0.2, -0.15) is 0 Å². The summed E-state index contributed by atoms with van der Waals surface area (Å²) in [6.07, 6.45) is 3.15. The number of carbonyl (C=O) groups excluding carboxylic acids is 1. The van der Waals surface area contributed by atoms with Crippen molar-refractivity contribution >= 4 is 17.6 Å². The number of pyridine rings is 1. The summed E-state index contributed by atoms with van der Waals surface area (Å²) in [5.74, 6) is -1.53. The molecule has 0 aliphatic carbocycles. The van der Waals surface area contributed by atoms with Crippen molar-refractivity contribution in [3.63, 3.8) is 0 Å². The Morgan fingerprint density at radius 1 is 0.844 bits per heavy atom. The molecule has 0 spiro atoms. The van der Waals surface area contributed by atoms with Gasteiger partial charge >= 0.3 is 35.5 Å². The number of nitrogens with one attached hydrogen (secondary N) is 1. The Bertz CT molecular complexity index is 1280. The number of carbonyl (C=O) groups is 2. The van der Waals surface area contributed by atoms with E-state index >= 15 is 0 Å². The van der Waals surface area contributed by atoms with Crippen LogP contribution in [0.4, 0.5) is 5.69 Å². The number of hydrogen-bond acceptors (Lipinski definition) is 3. The molecule has 0 saturated heterocycles.